The minimum Gasteiger partial charge on any atom is -0.481 e. The van der Waals surface area contributed by atoms with Crippen LogP contribution in [0.25, 0.3) is 0 Å². The van der Waals surface area contributed by atoms with Gasteiger partial charge in [-0.1, -0.05) is 20.3 Å². The van der Waals surface area contributed by atoms with Crippen LogP contribution >= 0.6 is 0 Å². The van der Waals surface area contributed by atoms with E-state index in [4.69, 9.17) is 24.1 Å². The van der Waals surface area contributed by atoms with Crippen molar-refractivity contribution in [2.75, 3.05) is 59.4 Å². The van der Waals surface area contributed by atoms with Crippen molar-refractivity contribution in [2.45, 2.75) is 26.7 Å². The second kappa shape index (κ2) is 23.1. The van der Waals surface area contributed by atoms with Crippen LogP contribution in [-0.4, -0.2) is 76.9 Å². The van der Waals surface area contributed by atoms with E-state index in [-0.39, 0.29) is 13.0 Å². The monoisotopic (exact) mass is 337 g/mol. The van der Waals surface area contributed by atoms with Crippen LogP contribution in [0.15, 0.2) is 0 Å². The first-order valence-electron chi connectivity index (χ1n) is 7.88. The molecule has 0 heterocycles. The highest BCUT2D eigenvalue weighted by Crippen LogP contribution is 1.85. The minimum atomic E-state index is -0.872. The number of amides is 1. The average Bonchev–Trinajstić information content (AvgIpc) is 2.51. The predicted octanol–water partition coefficient (Wildman–Crippen LogP) is 0.690. The van der Waals surface area contributed by atoms with E-state index < -0.39 is 5.97 Å². The van der Waals surface area contributed by atoms with E-state index in [2.05, 4.69) is 19.2 Å². The summed E-state index contributed by atoms with van der Waals surface area (Å²) in [5.41, 5.74) is 0. The second-order valence-electron chi connectivity index (χ2n) is 4.37. The lowest BCUT2D eigenvalue weighted by atomic mass is 10.5. The maximum Gasteiger partial charge on any atom is 0.305 e. The van der Waals surface area contributed by atoms with Crippen LogP contribution in [0.1, 0.15) is 26.7 Å². The fourth-order valence-electron chi connectivity index (χ4n) is 1.11. The van der Waals surface area contributed by atoms with Gasteiger partial charge in [-0.15, -0.1) is 0 Å². The van der Waals surface area contributed by atoms with Crippen molar-refractivity contribution < 1.29 is 33.6 Å². The summed E-state index contributed by atoms with van der Waals surface area (Å²) < 4.78 is 20.7. The summed E-state index contributed by atoms with van der Waals surface area (Å²) in [6, 6.07) is 0. The molecule has 0 atom stereocenters. The largest absolute Gasteiger partial charge is 0.481 e. The number of rotatable bonds is 16. The summed E-state index contributed by atoms with van der Waals surface area (Å²) >= 11 is 0. The fraction of sp³-hybridized carbons (Fsp3) is 0.867. The van der Waals surface area contributed by atoms with Crippen LogP contribution in [-0.2, 0) is 28.5 Å². The van der Waals surface area contributed by atoms with Gasteiger partial charge < -0.3 is 29.4 Å². The second-order valence-corrected chi connectivity index (χ2v) is 4.37. The van der Waals surface area contributed by atoms with Crippen LogP contribution in [0.5, 0.6) is 0 Å². The van der Waals surface area contributed by atoms with Crippen LogP contribution in [0.4, 0.5) is 0 Å². The lowest BCUT2D eigenvalue weighted by molar-refractivity contribution is -0.138. The lowest BCUT2D eigenvalue weighted by Gasteiger charge is -2.07. The first-order chi connectivity index (χ1) is 11.2. The van der Waals surface area contributed by atoms with Gasteiger partial charge in [0.2, 0.25) is 6.41 Å². The van der Waals surface area contributed by atoms with Gasteiger partial charge >= 0.3 is 5.97 Å². The third-order valence-corrected chi connectivity index (χ3v) is 2.05. The van der Waals surface area contributed by atoms with E-state index in [1.807, 2.05) is 0 Å². The van der Waals surface area contributed by atoms with Gasteiger partial charge in [-0.05, 0) is 0 Å². The van der Waals surface area contributed by atoms with E-state index in [9.17, 15) is 9.59 Å². The molecule has 23 heavy (non-hydrogen) atoms. The average molecular weight is 337 g/mol. The van der Waals surface area contributed by atoms with E-state index in [0.717, 1.165) is 0 Å². The zero-order valence-corrected chi connectivity index (χ0v) is 14.3. The molecule has 0 fully saturated rings. The van der Waals surface area contributed by atoms with Crippen LogP contribution in [0.3, 0.4) is 0 Å². The molecule has 0 aromatic rings. The van der Waals surface area contributed by atoms with E-state index in [0.29, 0.717) is 59.2 Å². The molecule has 8 nitrogen and oxygen atoms in total. The Morgan fingerprint density at radius 1 is 0.870 bits per heavy atom. The Balaban J connectivity index is 0. The fourth-order valence-corrected chi connectivity index (χ4v) is 1.11. The number of carboxylic acid groups (broad SMARTS) is 1. The summed E-state index contributed by atoms with van der Waals surface area (Å²) in [6.45, 7) is 8.06. The van der Waals surface area contributed by atoms with E-state index in [1.54, 1.807) is 0 Å². The lowest BCUT2D eigenvalue weighted by Crippen LogP contribution is -2.19. The van der Waals surface area contributed by atoms with Gasteiger partial charge in [-0.2, -0.15) is 0 Å². The zero-order valence-electron chi connectivity index (χ0n) is 14.3. The molecule has 0 aromatic carbocycles. The van der Waals surface area contributed by atoms with Crippen molar-refractivity contribution in [3.8, 4) is 0 Å². The molecule has 0 radical (unpaired) electrons. The Labute approximate surface area is 138 Å². The molecule has 0 aliphatic heterocycles. The number of carbonyl (C=O) groups excluding carboxylic acids is 1. The maximum absolute atomic E-state index is 10.2. The molecule has 0 aromatic heterocycles. The molecular formula is C15H31NO7. The SMILES string of the molecule is CCC.O=CNCCOCCOCCOCCOCCC(=O)O. The number of ether oxygens (including phenoxy) is 4. The third-order valence-electron chi connectivity index (χ3n) is 2.05. The summed E-state index contributed by atoms with van der Waals surface area (Å²) in [5.74, 6) is -0.872. The predicted molar refractivity (Wildman–Crippen MR) is 85.6 cm³/mol. The Morgan fingerprint density at radius 2 is 1.26 bits per heavy atom. The van der Waals surface area contributed by atoms with Gasteiger partial charge in [-0.3, -0.25) is 9.59 Å². The Bertz CT molecular complexity index is 252. The Morgan fingerprint density at radius 3 is 1.65 bits per heavy atom. The van der Waals surface area contributed by atoms with Crippen molar-refractivity contribution >= 4 is 12.4 Å². The molecule has 0 unspecified atom stereocenters. The van der Waals surface area contributed by atoms with Crippen molar-refractivity contribution in [3.05, 3.63) is 0 Å². The quantitative estimate of drug-likeness (QED) is 0.315. The Hall–Kier alpha value is -1.22. The molecule has 0 aliphatic carbocycles. The van der Waals surface area contributed by atoms with Gasteiger partial charge in [0, 0.05) is 6.54 Å². The number of aliphatic carboxylic acids is 1. The molecule has 0 saturated heterocycles. The number of hydrogen-bond donors (Lipinski definition) is 2. The molecule has 0 saturated carbocycles. The topological polar surface area (TPSA) is 103 Å². The summed E-state index contributed by atoms with van der Waals surface area (Å²) in [4.78, 5) is 20.1. The third kappa shape index (κ3) is 29.4. The summed E-state index contributed by atoms with van der Waals surface area (Å²) in [5, 5.41) is 10.8. The van der Waals surface area contributed by atoms with E-state index >= 15 is 0 Å². The molecule has 138 valence electrons. The Kier molecular flexibility index (Phi) is 24.1. The number of carboxylic acids is 1. The molecule has 2 N–H and O–H groups in total. The van der Waals surface area contributed by atoms with E-state index in [1.165, 1.54) is 6.42 Å². The van der Waals surface area contributed by atoms with Crippen molar-refractivity contribution in [2.24, 2.45) is 0 Å². The highest BCUT2D eigenvalue weighted by molar-refractivity contribution is 5.66. The minimum absolute atomic E-state index is 0.00544. The normalized spacial score (nSPS) is 9.83. The van der Waals surface area contributed by atoms with Crippen molar-refractivity contribution in [1.29, 1.82) is 0 Å². The molecule has 8 heteroatoms. The first-order valence-corrected chi connectivity index (χ1v) is 7.88. The van der Waals surface area contributed by atoms with Gasteiger partial charge in [0.1, 0.15) is 0 Å². The van der Waals surface area contributed by atoms with Crippen LogP contribution in [0, 0.1) is 0 Å². The molecule has 0 spiro atoms. The smallest absolute Gasteiger partial charge is 0.305 e. The zero-order chi connectivity index (χ0) is 17.6. The standard InChI is InChI=1S/C12H23NO7.C3H8/c14-11-13-2-4-18-6-8-20-10-9-19-7-5-17-3-1-12(15)16;1-3-2/h11H,1-10H2,(H,13,14)(H,15,16);3H2,1-2H3. The number of nitrogens with one attached hydrogen (secondary N) is 1. The van der Waals surface area contributed by atoms with Crippen LogP contribution in [0.2, 0.25) is 0 Å². The summed E-state index contributed by atoms with van der Waals surface area (Å²) in [7, 11) is 0. The molecular weight excluding hydrogens is 306 g/mol. The first kappa shape index (κ1) is 24.0. The van der Waals surface area contributed by atoms with Crippen molar-refractivity contribution in [3.63, 3.8) is 0 Å². The maximum atomic E-state index is 10.2. The van der Waals surface area contributed by atoms with Gasteiger partial charge in [0.15, 0.2) is 0 Å². The van der Waals surface area contributed by atoms with Gasteiger partial charge in [0.05, 0.1) is 59.3 Å². The number of hydrogen-bond acceptors (Lipinski definition) is 6. The molecule has 1 amide bonds. The highest BCUT2D eigenvalue weighted by atomic mass is 16.6. The number of carbonyl (C=O) groups is 2. The molecule has 0 bridgehead atoms. The van der Waals surface area contributed by atoms with Crippen LogP contribution < -0.4 is 5.32 Å². The van der Waals surface area contributed by atoms with Gasteiger partial charge in [0.25, 0.3) is 0 Å². The molecule has 0 rings (SSSR count). The molecule has 0 aliphatic rings. The van der Waals surface area contributed by atoms with Gasteiger partial charge in [-0.25, -0.2) is 0 Å². The highest BCUT2D eigenvalue weighted by Gasteiger charge is 1.96. The van der Waals surface area contributed by atoms with Crippen molar-refractivity contribution in [1.82, 2.24) is 5.32 Å². The summed E-state index contributed by atoms with van der Waals surface area (Å²) in [6.07, 6.45) is 1.88.